The lowest BCUT2D eigenvalue weighted by Crippen LogP contribution is -2.54. The molecule has 0 saturated carbocycles. The van der Waals surface area contributed by atoms with Gasteiger partial charge in [0.05, 0.1) is 11.8 Å². The van der Waals surface area contributed by atoms with Crippen molar-refractivity contribution in [2.24, 2.45) is 11.7 Å². The summed E-state index contributed by atoms with van der Waals surface area (Å²) in [5.41, 5.74) is 5.77. The molecule has 5 N–H and O–H groups in total. The van der Waals surface area contributed by atoms with Crippen LogP contribution in [0.3, 0.4) is 0 Å². The molecule has 0 aliphatic rings. The fraction of sp³-hybridized carbons (Fsp3) is 0.846. The Bertz CT molecular complexity index is 482. The Balaban J connectivity index is 4.43. The molecule has 0 heterocycles. The zero-order chi connectivity index (χ0) is 18.0. The average Bonchev–Trinajstić information content (AvgIpc) is 2.44. The van der Waals surface area contributed by atoms with E-state index in [1.54, 1.807) is 25.6 Å². The van der Waals surface area contributed by atoms with E-state index in [4.69, 9.17) is 10.3 Å². The first-order valence-electron chi connectivity index (χ1n) is 7.36. The number of carbonyl (C=O) groups is 2. The molecule has 23 heavy (non-hydrogen) atoms. The molecule has 0 aliphatic carbocycles. The van der Waals surface area contributed by atoms with Gasteiger partial charge in [0.15, 0.2) is 0 Å². The van der Waals surface area contributed by atoms with Crippen LogP contribution in [0.2, 0.25) is 0 Å². The zero-order valence-electron chi connectivity index (χ0n) is 13.7. The van der Waals surface area contributed by atoms with Crippen molar-refractivity contribution in [3.63, 3.8) is 0 Å². The molecular formula is C13H27N3O5S2. The number of thioether (sulfide) groups is 1. The lowest BCUT2D eigenvalue weighted by Gasteiger charge is -2.23. The van der Waals surface area contributed by atoms with Crippen molar-refractivity contribution in [3.05, 3.63) is 0 Å². The summed E-state index contributed by atoms with van der Waals surface area (Å²) in [6.07, 6.45) is 2.53. The molecule has 10 heteroatoms. The molecule has 0 aromatic carbocycles. The highest BCUT2D eigenvalue weighted by molar-refractivity contribution is 7.98. The third-order valence-corrected chi connectivity index (χ3v) is 4.54. The zero-order valence-corrected chi connectivity index (χ0v) is 15.4. The quantitative estimate of drug-likeness (QED) is 0.287. The van der Waals surface area contributed by atoms with Gasteiger partial charge >= 0.3 is 0 Å². The third-order valence-electron chi connectivity index (χ3n) is 3.09. The van der Waals surface area contributed by atoms with Crippen molar-refractivity contribution >= 4 is 33.7 Å². The average molecular weight is 370 g/mol. The van der Waals surface area contributed by atoms with Crippen LogP contribution in [-0.2, 0) is 19.7 Å². The standard InChI is InChI=1S/C13H27N3O5S2/c1-9(2)11(16-12(17)10(14)5-7-22-3)13(18)15-6-4-8-23(19,20)21/h9-11H,4-8,14H2,1-3H3,(H,15,18)(H,16,17)(H,19,20,21)/t10-,11-/m0/s1. The molecule has 2 amide bonds. The third kappa shape index (κ3) is 10.5. The van der Waals surface area contributed by atoms with Gasteiger partial charge in [0, 0.05) is 6.54 Å². The van der Waals surface area contributed by atoms with E-state index in [2.05, 4.69) is 10.6 Å². The molecule has 8 nitrogen and oxygen atoms in total. The van der Waals surface area contributed by atoms with Crippen LogP contribution in [0, 0.1) is 5.92 Å². The van der Waals surface area contributed by atoms with Gasteiger partial charge in [-0.1, -0.05) is 13.8 Å². The summed E-state index contributed by atoms with van der Waals surface area (Å²) in [6, 6.07) is -1.41. The van der Waals surface area contributed by atoms with E-state index in [9.17, 15) is 18.0 Å². The van der Waals surface area contributed by atoms with Crippen LogP contribution in [0.1, 0.15) is 26.7 Å². The summed E-state index contributed by atoms with van der Waals surface area (Å²) in [5, 5.41) is 5.18. The maximum Gasteiger partial charge on any atom is 0.264 e. The molecule has 0 spiro atoms. The van der Waals surface area contributed by atoms with Gasteiger partial charge in [-0.2, -0.15) is 20.2 Å². The second-order valence-corrected chi connectivity index (χ2v) is 8.11. The Morgan fingerprint density at radius 3 is 2.35 bits per heavy atom. The van der Waals surface area contributed by atoms with Gasteiger partial charge in [-0.15, -0.1) is 0 Å². The predicted octanol–water partition coefficient (Wildman–Crippen LogP) is -0.398. The first-order chi connectivity index (χ1) is 10.6. The number of carbonyl (C=O) groups excluding carboxylic acids is 2. The highest BCUT2D eigenvalue weighted by Gasteiger charge is 2.26. The van der Waals surface area contributed by atoms with Gasteiger partial charge in [0.25, 0.3) is 10.1 Å². The fourth-order valence-electron chi connectivity index (χ4n) is 1.75. The first-order valence-corrected chi connectivity index (χ1v) is 10.4. The summed E-state index contributed by atoms with van der Waals surface area (Å²) in [7, 11) is -4.04. The smallest absolute Gasteiger partial charge is 0.264 e. The van der Waals surface area contributed by atoms with Crippen molar-refractivity contribution in [3.8, 4) is 0 Å². The maximum absolute atomic E-state index is 12.1. The van der Waals surface area contributed by atoms with E-state index >= 15 is 0 Å². The maximum atomic E-state index is 12.1. The van der Waals surface area contributed by atoms with Crippen LogP contribution in [0.5, 0.6) is 0 Å². The lowest BCUT2D eigenvalue weighted by molar-refractivity contribution is -0.130. The molecule has 0 fully saturated rings. The number of rotatable bonds is 11. The molecule has 0 bridgehead atoms. The number of hydrogen-bond donors (Lipinski definition) is 4. The lowest BCUT2D eigenvalue weighted by atomic mass is 10.0. The summed E-state index contributed by atoms with van der Waals surface area (Å²) in [5.74, 6) is -0.603. The molecule has 2 atom stereocenters. The molecular weight excluding hydrogens is 342 g/mol. The fourth-order valence-corrected chi connectivity index (χ4v) is 2.75. The molecule has 0 radical (unpaired) electrons. The van der Waals surface area contributed by atoms with E-state index in [-0.39, 0.29) is 24.8 Å². The monoisotopic (exact) mass is 369 g/mol. The van der Waals surface area contributed by atoms with Crippen LogP contribution >= 0.6 is 11.8 Å². The molecule has 0 saturated heterocycles. The van der Waals surface area contributed by atoms with Gasteiger partial charge in [0.2, 0.25) is 11.8 Å². The minimum Gasteiger partial charge on any atom is -0.354 e. The van der Waals surface area contributed by atoms with Crippen LogP contribution in [0.15, 0.2) is 0 Å². The van der Waals surface area contributed by atoms with E-state index in [1.165, 1.54) is 0 Å². The van der Waals surface area contributed by atoms with Gasteiger partial charge in [-0.05, 0) is 30.8 Å². The van der Waals surface area contributed by atoms with Crippen molar-refractivity contribution in [2.75, 3.05) is 24.3 Å². The van der Waals surface area contributed by atoms with Gasteiger partial charge in [-0.3, -0.25) is 14.1 Å². The second kappa shape index (κ2) is 10.8. The Labute approximate surface area is 142 Å². The summed E-state index contributed by atoms with van der Waals surface area (Å²) in [4.78, 5) is 24.1. The molecule has 0 aromatic rings. The summed E-state index contributed by atoms with van der Waals surface area (Å²) >= 11 is 1.59. The Kier molecular flexibility index (Phi) is 10.4. The Morgan fingerprint density at radius 2 is 1.87 bits per heavy atom. The first kappa shape index (κ1) is 22.2. The van der Waals surface area contributed by atoms with E-state index < -0.39 is 33.9 Å². The molecule has 0 rings (SSSR count). The number of amides is 2. The van der Waals surface area contributed by atoms with E-state index in [0.717, 1.165) is 5.75 Å². The summed E-state index contributed by atoms with van der Waals surface area (Å²) in [6.45, 7) is 3.67. The number of nitrogens with two attached hydrogens (primary N) is 1. The minimum absolute atomic E-state index is 0.0935. The van der Waals surface area contributed by atoms with Crippen LogP contribution in [0.4, 0.5) is 0 Å². The normalized spacial score (nSPS) is 14.3. The van der Waals surface area contributed by atoms with Gasteiger partial charge in [0.1, 0.15) is 6.04 Å². The largest absolute Gasteiger partial charge is 0.354 e. The Morgan fingerprint density at radius 1 is 1.26 bits per heavy atom. The van der Waals surface area contributed by atoms with Crippen molar-refractivity contribution < 1.29 is 22.6 Å². The van der Waals surface area contributed by atoms with Gasteiger partial charge in [-0.25, -0.2) is 0 Å². The molecule has 0 aromatic heterocycles. The molecule has 136 valence electrons. The second-order valence-electron chi connectivity index (χ2n) is 5.55. The van der Waals surface area contributed by atoms with Crippen LogP contribution < -0.4 is 16.4 Å². The highest BCUT2D eigenvalue weighted by Crippen LogP contribution is 2.04. The van der Waals surface area contributed by atoms with E-state index in [1.807, 2.05) is 6.26 Å². The van der Waals surface area contributed by atoms with Crippen LogP contribution in [0.25, 0.3) is 0 Å². The molecule has 0 aliphatic heterocycles. The number of hydrogen-bond acceptors (Lipinski definition) is 6. The minimum atomic E-state index is -4.04. The summed E-state index contributed by atoms with van der Waals surface area (Å²) < 4.78 is 29.8. The Hall–Kier alpha value is -0.840. The highest BCUT2D eigenvalue weighted by atomic mass is 32.2. The van der Waals surface area contributed by atoms with Crippen molar-refractivity contribution in [1.29, 1.82) is 0 Å². The van der Waals surface area contributed by atoms with Gasteiger partial charge < -0.3 is 16.4 Å². The topological polar surface area (TPSA) is 139 Å². The van der Waals surface area contributed by atoms with Crippen molar-refractivity contribution in [1.82, 2.24) is 10.6 Å². The van der Waals surface area contributed by atoms with E-state index in [0.29, 0.717) is 6.42 Å². The number of nitrogens with one attached hydrogen (secondary N) is 2. The molecule has 0 unspecified atom stereocenters. The SMILES string of the molecule is CSCC[C@H](N)C(=O)N[C@H](C(=O)NCCCS(=O)(=O)O)C(C)C. The van der Waals surface area contributed by atoms with Crippen LogP contribution in [-0.4, -0.2) is 61.2 Å². The predicted molar refractivity (Wildman–Crippen MR) is 91.8 cm³/mol. The van der Waals surface area contributed by atoms with Crippen molar-refractivity contribution in [2.45, 2.75) is 38.8 Å².